The van der Waals surface area contributed by atoms with Crippen LogP contribution in [0.2, 0.25) is 0 Å². The summed E-state index contributed by atoms with van der Waals surface area (Å²) in [4.78, 5) is 12.6. The van der Waals surface area contributed by atoms with Gasteiger partial charge in [-0.2, -0.15) is 4.68 Å². The second-order valence-corrected chi connectivity index (χ2v) is 4.52. The minimum atomic E-state index is -0.0911. The first-order valence-electron chi connectivity index (χ1n) is 5.56. The lowest BCUT2D eigenvalue weighted by atomic mass is 10.3. The molecule has 2 aromatic heterocycles. The number of thiophene rings is 1. The molecule has 0 aliphatic carbocycles. The maximum atomic E-state index is 12.0. The van der Waals surface area contributed by atoms with Gasteiger partial charge in [-0.3, -0.25) is 4.79 Å². The lowest BCUT2D eigenvalue weighted by Crippen LogP contribution is -2.26. The van der Waals surface area contributed by atoms with Gasteiger partial charge in [-0.1, -0.05) is 0 Å². The summed E-state index contributed by atoms with van der Waals surface area (Å²) in [5.74, 6) is -0.0911. The second-order valence-electron chi connectivity index (χ2n) is 3.60. The standard InChI is InChI=1S/C10H14N6OS/c1-11-4-2-5-12-10(17)9-8(3-6-18-9)16-7-13-14-15-16/h3,6-7,11H,2,4-5H2,1H3,(H,12,17). The molecule has 1 amide bonds. The molecule has 0 unspecified atom stereocenters. The van der Waals surface area contributed by atoms with Crippen LogP contribution in [-0.2, 0) is 0 Å². The summed E-state index contributed by atoms with van der Waals surface area (Å²) in [5, 5.41) is 18.7. The highest BCUT2D eigenvalue weighted by Crippen LogP contribution is 2.19. The van der Waals surface area contributed by atoms with Gasteiger partial charge >= 0.3 is 0 Å². The van der Waals surface area contributed by atoms with Crippen molar-refractivity contribution >= 4 is 17.2 Å². The molecular formula is C10H14N6OS. The molecule has 0 bridgehead atoms. The molecule has 7 nitrogen and oxygen atoms in total. The quantitative estimate of drug-likeness (QED) is 0.722. The van der Waals surface area contributed by atoms with Gasteiger partial charge in [0.05, 0.1) is 5.69 Å². The summed E-state index contributed by atoms with van der Waals surface area (Å²) in [6, 6.07) is 1.82. The molecule has 96 valence electrons. The minimum absolute atomic E-state index is 0.0911. The lowest BCUT2D eigenvalue weighted by Gasteiger charge is -2.05. The molecule has 0 saturated heterocycles. The van der Waals surface area contributed by atoms with E-state index in [0.717, 1.165) is 13.0 Å². The Bertz CT molecular complexity index is 494. The van der Waals surface area contributed by atoms with Crippen molar-refractivity contribution in [2.24, 2.45) is 0 Å². The average molecular weight is 266 g/mol. The van der Waals surface area contributed by atoms with Crippen molar-refractivity contribution in [2.75, 3.05) is 20.1 Å². The van der Waals surface area contributed by atoms with Crippen LogP contribution in [0, 0.1) is 0 Å². The summed E-state index contributed by atoms with van der Waals surface area (Å²) in [5.41, 5.74) is 0.705. The number of aromatic nitrogens is 4. The molecule has 0 aromatic carbocycles. The van der Waals surface area contributed by atoms with E-state index in [1.807, 2.05) is 18.5 Å². The van der Waals surface area contributed by atoms with Crippen molar-refractivity contribution in [3.8, 4) is 5.69 Å². The SMILES string of the molecule is CNCCCNC(=O)c1sccc1-n1cnnn1. The Morgan fingerprint density at radius 3 is 3.11 bits per heavy atom. The lowest BCUT2D eigenvalue weighted by molar-refractivity contribution is 0.0957. The van der Waals surface area contributed by atoms with Gasteiger partial charge in [0, 0.05) is 6.54 Å². The van der Waals surface area contributed by atoms with Crippen LogP contribution in [0.5, 0.6) is 0 Å². The van der Waals surface area contributed by atoms with Gasteiger partial charge < -0.3 is 10.6 Å². The normalized spacial score (nSPS) is 10.5. The van der Waals surface area contributed by atoms with Gasteiger partial charge in [0.2, 0.25) is 0 Å². The predicted molar refractivity (Wildman–Crippen MR) is 67.9 cm³/mol. The molecule has 2 aromatic rings. The zero-order valence-corrected chi connectivity index (χ0v) is 10.8. The van der Waals surface area contributed by atoms with Gasteiger partial charge in [-0.15, -0.1) is 16.4 Å². The summed E-state index contributed by atoms with van der Waals surface area (Å²) >= 11 is 1.38. The molecule has 2 heterocycles. The fourth-order valence-electron chi connectivity index (χ4n) is 1.47. The number of hydrogen-bond donors (Lipinski definition) is 2. The molecule has 0 radical (unpaired) electrons. The van der Waals surface area contributed by atoms with Crippen molar-refractivity contribution in [3.63, 3.8) is 0 Å². The van der Waals surface area contributed by atoms with Crippen molar-refractivity contribution in [2.45, 2.75) is 6.42 Å². The summed E-state index contributed by atoms with van der Waals surface area (Å²) in [7, 11) is 1.89. The molecule has 2 N–H and O–H groups in total. The molecule has 18 heavy (non-hydrogen) atoms. The third kappa shape index (κ3) is 2.90. The Morgan fingerprint density at radius 1 is 1.50 bits per heavy atom. The summed E-state index contributed by atoms with van der Waals surface area (Å²) in [6.07, 6.45) is 2.37. The van der Waals surface area contributed by atoms with E-state index in [-0.39, 0.29) is 5.91 Å². The number of nitrogens with zero attached hydrogens (tertiary/aromatic N) is 4. The van der Waals surface area contributed by atoms with E-state index >= 15 is 0 Å². The highest BCUT2D eigenvalue weighted by Gasteiger charge is 2.14. The average Bonchev–Trinajstić information content (AvgIpc) is 3.02. The number of nitrogens with one attached hydrogen (secondary N) is 2. The molecule has 2 rings (SSSR count). The molecule has 0 spiro atoms. The van der Waals surface area contributed by atoms with Gasteiger partial charge in [0.15, 0.2) is 0 Å². The predicted octanol–water partition coefficient (Wildman–Crippen LogP) is 0.0631. The monoisotopic (exact) mass is 266 g/mol. The minimum Gasteiger partial charge on any atom is -0.351 e. The number of hydrogen-bond acceptors (Lipinski definition) is 6. The highest BCUT2D eigenvalue weighted by atomic mass is 32.1. The van der Waals surface area contributed by atoms with Crippen molar-refractivity contribution in [1.29, 1.82) is 0 Å². The van der Waals surface area contributed by atoms with E-state index in [1.165, 1.54) is 22.3 Å². The molecule has 0 fully saturated rings. The largest absolute Gasteiger partial charge is 0.351 e. The van der Waals surface area contributed by atoms with E-state index in [9.17, 15) is 4.79 Å². The van der Waals surface area contributed by atoms with Gasteiger partial charge in [0.25, 0.3) is 5.91 Å². The maximum absolute atomic E-state index is 12.0. The zero-order valence-electron chi connectivity index (χ0n) is 9.96. The van der Waals surface area contributed by atoms with Crippen LogP contribution >= 0.6 is 11.3 Å². The van der Waals surface area contributed by atoms with E-state index in [1.54, 1.807) is 0 Å². The Kier molecular flexibility index (Phi) is 4.37. The molecule has 0 aliphatic rings. The Labute approximate surface area is 108 Å². The summed E-state index contributed by atoms with van der Waals surface area (Å²) in [6.45, 7) is 1.52. The Hall–Kier alpha value is -1.80. The van der Waals surface area contributed by atoms with E-state index < -0.39 is 0 Å². The number of carbonyl (C=O) groups excluding carboxylic acids is 1. The number of carbonyl (C=O) groups is 1. The van der Waals surface area contributed by atoms with E-state index in [0.29, 0.717) is 17.1 Å². The number of amides is 1. The van der Waals surface area contributed by atoms with Crippen LogP contribution in [0.15, 0.2) is 17.8 Å². The Morgan fingerprint density at radius 2 is 2.39 bits per heavy atom. The molecule has 0 atom stereocenters. The first-order valence-corrected chi connectivity index (χ1v) is 6.44. The van der Waals surface area contributed by atoms with Gasteiger partial charge in [-0.05, 0) is 41.9 Å². The van der Waals surface area contributed by atoms with Crippen LogP contribution in [0.4, 0.5) is 0 Å². The van der Waals surface area contributed by atoms with Crippen LogP contribution in [0.3, 0.4) is 0 Å². The molecule has 0 aliphatic heterocycles. The first kappa shape index (κ1) is 12.7. The number of tetrazole rings is 1. The van der Waals surface area contributed by atoms with Crippen LogP contribution in [0.1, 0.15) is 16.1 Å². The highest BCUT2D eigenvalue weighted by molar-refractivity contribution is 7.12. The van der Waals surface area contributed by atoms with Gasteiger partial charge in [-0.25, -0.2) is 0 Å². The van der Waals surface area contributed by atoms with Gasteiger partial charge in [0.1, 0.15) is 11.2 Å². The van der Waals surface area contributed by atoms with E-state index in [4.69, 9.17) is 0 Å². The number of rotatable bonds is 6. The van der Waals surface area contributed by atoms with E-state index in [2.05, 4.69) is 26.2 Å². The van der Waals surface area contributed by atoms with Crippen molar-refractivity contribution < 1.29 is 4.79 Å². The van der Waals surface area contributed by atoms with Crippen LogP contribution < -0.4 is 10.6 Å². The zero-order chi connectivity index (χ0) is 12.8. The van der Waals surface area contributed by atoms with Crippen LogP contribution in [0.25, 0.3) is 5.69 Å². The van der Waals surface area contributed by atoms with Crippen molar-refractivity contribution in [1.82, 2.24) is 30.8 Å². The first-order chi connectivity index (χ1) is 8.83. The second kappa shape index (κ2) is 6.22. The van der Waals surface area contributed by atoms with Crippen molar-refractivity contribution in [3.05, 3.63) is 22.7 Å². The molecular weight excluding hydrogens is 252 g/mol. The fraction of sp³-hybridized carbons (Fsp3) is 0.400. The third-order valence-corrected chi connectivity index (χ3v) is 3.24. The third-order valence-electron chi connectivity index (χ3n) is 2.34. The Balaban J connectivity index is 2.01. The molecule has 8 heteroatoms. The maximum Gasteiger partial charge on any atom is 0.263 e. The van der Waals surface area contributed by atoms with Crippen LogP contribution in [-0.4, -0.2) is 46.3 Å². The smallest absolute Gasteiger partial charge is 0.263 e. The summed E-state index contributed by atoms with van der Waals surface area (Å²) < 4.78 is 1.49. The topological polar surface area (TPSA) is 84.7 Å². The molecule has 0 saturated carbocycles. The fourth-order valence-corrected chi connectivity index (χ4v) is 2.27.